The Labute approximate surface area is 148 Å². The van der Waals surface area contributed by atoms with Crippen LogP contribution in [0.15, 0.2) is 21.9 Å². The molecule has 1 saturated heterocycles. The number of piperazine rings is 1. The Kier molecular flexibility index (Phi) is 6.03. The van der Waals surface area contributed by atoms with Crippen LogP contribution in [0.4, 0.5) is 0 Å². The molecule has 0 N–H and O–H groups in total. The molecular formula is C18H28N4OS. The van der Waals surface area contributed by atoms with Gasteiger partial charge < -0.3 is 9.32 Å². The second-order valence-corrected chi connectivity index (χ2v) is 8.05. The van der Waals surface area contributed by atoms with E-state index in [1.54, 1.807) is 0 Å². The maximum Gasteiger partial charge on any atom is 0.233 e. The van der Waals surface area contributed by atoms with Gasteiger partial charge in [0, 0.05) is 44.0 Å². The van der Waals surface area contributed by atoms with Crippen LogP contribution in [-0.4, -0.2) is 52.7 Å². The van der Waals surface area contributed by atoms with E-state index >= 15 is 0 Å². The van der Waals surface area contributed by atoms with Crippen LogP contribution in [0.1, 0.15) is 43.5 Å². The van der Waals surface area contributed by atoms with Crippen LogP contribution in [0.3, 0.4) is 0 Å². The predicted molar refractivity (Wildman–Crippen MR) is 97.3 cm³/mol. The Hall–Kier alpha value is -1.24. The van der Waals surface area contributed by atoms with Crippen molar-refractivity contribution in [2.24, 2.45) is 5.92 Å². The summed E-state index contributed by atoms with van der Waals surface area (Å²) in [6, 6.07) is 4.57. The summed E-state index contributed by atoms with van der Waals surface area (Å²) < 4.78 is 5.86. The molecule has 3 rings (SSSR count). The molecule has 1 aliphatic rings. The molecule has 0 aliphatic carbocycles. The monoisotopic (exact) mass is 348 g/mol. The van der Waals surface area contributed by atoms with Crippen LogP contribution < -0.4 is 0 Å². The molecule has 24 heavy (non-hydrogen) atoms. The molecule has 0 amide bonds. The zero-order valence-electron chi connectivity index (χ0n) is 14.9. The number of hydrogen-bond acceptors (Lipinski definition) is 6. The van der Waals surface area contributed by atoms with Gasteiger partial charge in [0.1, 0.15) is 0 Å². The van der Waals surface area contributed by atoms with Crippen molar-refractivity contribution in [2.75, 3.05) is 32.7 Å². The van der Waals surface area contributed by atoms with Crippen LogP contribution in [0.2, 0.25) is 0 Å². The first-order chi connectivity index (χ1) is 11.6. The maximum absolute atomic E-state index is 5.86. The van der Waals surface area contributed by atoms with E-state index in [4.69, 9.17) is 4.42 Å². The average Bonchev–Trinajstić information content (AvgIpc) is 3.24. The summed E-state index contributed by atoms with van der Waals surface area (Å²) in [5.74, 6) is 2.07. The molecule has 0 aromatic carbocycles. The highest BCUT2D eigenvalue weighted by Crippen LogP contribution is 2.21. The van der Waals surface area contributed by atoms with Crippen LogP contribution in [-0.2, 0) is 12.8 Å². The third-order valence-electron chi connectivity index (χ3n) is 4.63. The van der Waals surface area contributed by atoms with Crippen molar-refractivity contribution in [3.8, 4) is 0 Å². The zero-order chi connectivity index (χ0) is 16.9. The van der Waals surface area contributed by atoms with Crippen molar-refractivity contribution in [3.05, 3.63) is 34.2 Å². The van der Waals surface area contributed by atoms with Gasteiger partial charge in [0.05, 0.1) is 6.04 Å². The van der Waals surface area contributed by atoms with Crippen LogP contribution in [0, 0.1) is 5.92 Å². The molecule has 0 spiro atoms. The molecule has 6 heteroatoms. The molecule has 1 fully saturated rings. The Morgan fingerprint density at radius 3 is 2.62 bits per heavy atom. The number of nitrogens with zero attached hydrogens (tertiary/aromatic N) is 4. The van der Waals surface area contributed by atoms with E-state index < -0.39 is 0 Å². The van der Waals surface area contributed by atoms with Crippen molar-refractivity contribution < 1.29 is 4.42 Å². The van der Waals surface area contributed by atoms with E-state index in [0.29, 0.717) is 5.92 Å². The Morgan fingerprint density at radius 1 is 1.17 bits per heavy atom. The maximum atomic E-state index is 5.86. The van der Waals surface area contributed by atoms with Crippen molar-refractivity contribution in [1.82, 2.24) is 20.0 Å². The van der Waals surface area contributed by atoms with E-state index in [1.807, 2.05) is 11.3 Å². The molecular weight excluding hydrogens is 320 g/mol. The Bertz CT molecular complexity index is 602. The summed E-state index contributed by atoms with van der Waals surface area (Å²) in [5.41, 5.74) is 0. The van der Waals surface area contributed by atoms with Gasteiger partial charge in [-0.1, -0.05) is 19.9 Å². The highest BCUT2D eigenvalue weighted by Gasteiger charge is 2.25. The highest BCUT2D eigenvalue weighted by atomic mass is 32.1. The van der Waals surface area contributed by atoms with Crippen LogP contribution >= 0.6 is 11.3 Å². The molecule has 0 radical (unpaired) electrons. The van der Waals surface area contributed by atoms with Gasteiger partial charge in [-0.3, -0.25) is 4.90 Å². The first kappa shape index (κ1) is 17.6. The van der Waals surface area contributed by atoms with Crippen molar-refractivity contribution in [3.63, 3.8) is 0 Å². The summed E-state index contributed by atoms with van der Waals surface area (Å²) >= 11 is 1.86. The lowest BCUT2D eigenvalue weighted by molar-refractivity contribution is 0.0915. The van der Waals surface area contributed by atoms with Gasteiger partial charge in [-0.05, 0) is 30.7 Å². The Balaban J connectivity index is 1.46. The summed E-state index contributed by atoms with van der Waals surface area (Å²) in [6.07, 6.45) is 2.02. The lowest BCUT2D eigenvalue weighted by Crippen LogP contribution is -2.47. The van der Waals surface area contributed by atoms with Crippen molar-refractivity contribution in [1.29, 1.82) is 0 Å². The van der Waals surface area contributed by atoms with Crippen molar-refractivity contribution >= 4 is 11.3 Å². The highest BCUT2D eigenvalue weighted by molar-refractivity contribution is 7.09. The summed E-state index contributed by atoms with van der Waals surface area (Å²) in [4.78, 5) is 6.49. The van der Waals surface area contributed by atoms with E-state index in [-0.39, 0.29) is 6.04 Å². The largest absolute Gasteiger partial charge is 0.424 e. The van der Waals surface area contributed by atoms with Gasteiger partial charge >= 0.3 is 0 Å². The third-order valence-corrected chi connectivity index (χ3v) is 5.57. The van der Waals surface area contributed by atoms with Gasteiger partial charge in [-0.2, -0.15) is 0 Å². The second-order valence-electron chi connectivity index (χ2n) is 7.01. The first-order valence-electron chi connectivity index (χ1n) is 8.93. The van der Waals surface area contributed by atoms with Crippen LogP contribution in [0.25, 0.3) is 0 Å². The van der Waals surface area contributed by atoms with Gasteiger partial charge in [-0.25, -0.2) is 0 Å². The van der Waals surface area contributed by atoms with Crippen molar-refractivity contribution in [2.45, 2.75) is 39.7 Å². The SMILES string of the molecule is CC(C)Cc1nnc([C@@H](C)N2CCN(CCc3cccs3)CC2)o1. The fourth-order valence-corrected chi connectivity index (χ4v) is 3.82. The molecule has 0 saturated carbocycles. The topological polar surface area (TPSA) is 45.4 Å². The van der Waals surface area contributed by atoms with E-state index in [9.17, 15) is 0 Å². The third kappa shape index (κ3) is 4.65. The molecule has 1 atom stereocenters. The van der Waals surface area contributed by atoms with Gasteiger partial charge in [-0.15, -0.1) is 21.5 Å². The van der Waals surface area contributed by atoms with Gasteiger partial charge in [0.25, 0.3) is 0 Å². The number of thiophene rings is 1. The molecule has 0 bridgehead atoms. The van der Waals surface area contributed by atoms with E-state index in [1.165, 1.54) is 4.88 Å². The lowest BCUT2D eigenvalue weighted by atomic mass is 10.1. The number of aromatic nitrogens is 2. The average molecular weight is 349 g/mol. The molecule has 2 aromatic heterocycles. The summed E-state index contributed by atoms with van der Waals surface area (Å²) in [5, 5.41) is 10.6. The number of rotatable bonds is 7. The smallest absolute Gasteiger partial charge is 0.233 e. The summed E-state index contributed by atoms with van der Waals surface area (Å²) in [6.45, 7) is 12.0. The van der Waals surface area contributed by atoms with E-state index in [0.717, 1.165) is 57.3 Å². The molecule has 132 valence electrons. The van der Waals surface area contributed by atoms with Gasteiger partial charge in [0.15, 0.2) is 0 Å². The first-order valence-corrected chi connectivity index (χ1v) is 9.81. The van der Waals surface area contributed by atoms with E-state index in [2.05, 4.69) is 58.3 Å². The predicted octanol–water partition coefficient (Wildman–Crippen LogP) is 3.25. The molecule has 0 unspecified atom stereocenters. The minimum Gasteiger partial charge on any atom is -0.424 e. The quantitative estimate of drug-likeness (QED) is 0.768. The Morgan fingerprint density at radius 2 is 1.96 bits per heavy atom. The molecule has 1 aliphatic heterocycles. The minimum absolute atomic E-state index is 0.206. The minimum atomic E-state index is 0.206. The summed E-state index contributed by atoms with van der Waals surface area (Å²) in [7, 11) is 0. The molecule has 3 heterocycles. The fraction of sp³-hybridized carbons (Fsp3) is 0.667. The second kappa shape index (κ2) is 8.23. The molecule has 5 nitrogen and oxygen atoms in total. The zero-order valence-corrected chi connectivity index (χ0v) is 15.8. The lowest BCUT2D eigenvalue weighted by Gasteiger charge is -2.36. The fourth-order valence-electron chi connectivity index (χ4n) is 3.12. The van der Waals surface area contributed by atoms with Crippen LogP contribution in [0.5, 0.6) is 0 Å². The molecule has 2 aromatic rings. The van der Waals surface area contributed by atoms with Gasteiger partial charge in [0.2, 0.25) is 11.8 Å². The number of hydrogen-bond donors (Lipinski definition) is 0. The normalized spacial score (nSPS) is 18.3. The standard InChI is InChI=1S/C18H28N4OS/c1-14(2)13-17-19-20-18(23-17)15(3)22-10-8-21(9-11-22)7-6-16-5-4-12-24-16/h4-5,12,14-15H,6-11,13H2,1-3H3/t15-/m1/s1.